The Kier molecular flexibility index (Phi) is 2.55. The van der Waals surface area contributed by atoms with Crippen molar-refractivity contribution in [2.24, 2.45) is 0 Å². The Hall–Kier alpha value is -1.28. The minimum atomic E-state index is 0.897. The fourth-order valence-corrected chi connectivity index (χ4v) is 2.12. The van der Waals surface area contributed by atoms with Gasteiger partial charge in [-0.2, -0.15) is 0 Å². The molecule has 2 heteroatoms. The maximum Gasteiger partial charge on any atom is 0.119 e. The highest BCUT2D eigenvalue weighted by Crippen LogP contribution is 2.28. The fourth-order valence-electron chi connectivity index (χ4n) is 1.31. The summed E-state index contributed by atoms with van der Waals surface area (Å²) in [5.74, 6) is 0.897. The Morgan fingerprint density at radius 3 is 2.79 bits per heavy atom. The first-order chi connectivity index (χ1) is 6.79. The van der Waals surface area contributed by atoms with Crippen LogP contribution in [0.4, 0.5) is 0 Å². The van der Waals surface area contributed by atoms with E-state index >= 15 is 0 Å². The van der Waals surface area contributed by atoms with Crippen LogP contribution in [0.3, 0.4) is 0 Å². The van der Waals surface area contributed by atoms with Crippen molar-refractivity contribution in [3.8, 4) is 16.2 Å². The third kappa shape index (κ3) is 1.80. The summed E-state index contributed by atoms with van der Waals surface area (Å²) in [5, 5.41) is 3.21. The van der Waals surface area contributed by atoms with E-state index in [1.807, 2.05) is 18.2 Å². The molecular formula is C12H11OS. The van der Waals surface area contributed by atoms with Gasteiger partial charge in [0.15, 0.2) is 0 Å². The molecule has 0 aliphatic carbocycles. The van der Waals surface area contributed by atoms with E-state index in [0.29, 0.717) is 0 Å². The third-order valence-electron chi connectivity index (χ3n) is 2.02. The SMILES string of the molecule is COc1cccc(-c2cc(C)[c]s2)c1. The molecule has 0 fully saturated rings. The molecule has 1 radical (unpaired) electrons. The Morgan fingerprint density at radius 2 is 2.14 bits per heavy atom. The second-order valence-corrected chi connectivity index (χ2v) is 3.98. The van der Waals surface area contributed by atoms with Crippen LogP contribution in [0.1, 0.15) is 5.56 Å². The average Bonchev–Trinajstić information content (AvgIpc) is 2.65. The maximum atomic E-state index is 5.18. The van der Waals surface area contributed by atoms with Crippen LogP contribution in [0, 0.1) is 12.3 Å². The molecule has 0 spiro atoms. The lowest BCUT2D eigenvalue weighted by Crippen LogP contribution is -1.81. The molecular weight excluding hydrogens is 192 g/mol. The predicted octanol–water partition coefficient (Wildman–Crippen LogP) is 3.53. The van der Waals surface area contributed by atoms with Gasteiger partial charge in [0.25, 0.3) is 0 Å². The molecule has 2 rings (SSSR count). The van der Waals surface area contributed by atoms with Gasteiger partial charge in [-0.1, -0.05) is 12.1 Å². The van der Waals surface area contributed by atoms with E-state index in [1.54, 1.807) is 18.4 Å². The number of hydrogen-bond donors (Lipinski definition) is 0. The number of methoxy groups -OCH3 is 1. The summed E-state index contributed by atoms with van der Waals surface area (Å²) in [6.45, 7) is 2.06. The van der Waals surface area contributed by atoms with E-state index in [2.05, 4.69) is 24.4 Å². The van der Waals surface area contributed by atoms with Crippen LogP contribution in [0.2, 0.25) is 0 Å². The van der Waals surface area contributed by atoms with Crippen molar-refractivity contribution in [2.75, 3.05) is 7.11 Å². The summed E-state index contributed by atoms with van der Waals surface area (Å²) in [7, 11) is 1.69. The zero-order valence-electron chi connectivity index (χ0n) is 8.20. The molecule has 1 aromatic heterocycles. The third-order valence-corrected chi connectivity index (χ3v) is 3.02. The highest BCUT2D eigenvalue weighted by molar-refractivity contribution is 7.13. The minimum Gasteiger partial charge on any atom is -0.497 e. The molecule has 0 saturated heterocycles. The van der Waals surface area contributed by atoms with E-state index in [0.717, 1.165) is 5.75 Å². The first-order valence-corrected chi connectivity index (χ1v) is 5.24. The number of aryl methyl sites for hydroxylation is 1. The zero-order valence-corrected chi connectivity index (χ0v) is 9.02. The number of rotatable bonds is 2. The molecule has 0 aliphatic heterocycles. The lowest BCUT2D eigenvalue weighted by Gasteiger charge is -2.01. The van der Waals surface area contributed by atoms with Crippen LogP contribution in [-0.4, -0.2) is 7.11 Å². The molecule has 1 aromatic carbocycles. The highest BCUT2D eigenvalue weighted by Gasteiger charge is 2.01. The molecule has 0 bridgehead atoms. The van der Waals surface area contributed by atoms with E-state index < -0.39 is 0 Å². The molecule has 2 aromatic rings. The summed E-state index contributed by atoms with van der Waals surface area (Å²) in [5.41, 5.74) is 2.38. The van der Waals surface area contributed by atoms with Crippen LogP contribution in [0.25, 0.3) is 10.4 Å². The predicted molar refractivity (Wildman–Crippen MR) is 59.9 cm³/mol. The molecule has 0 unspecified atom stereocenters. The van der Waals surface area contributed by atoms with E-state index in [-0.39, 0.29) is 0 Å². The molecule has 71 valence electrons. The number of ether oxygens (including phenoxy) is 1. The van der Waals surface area contributed by atoms with Gasteiger partial charge in [-0.05, 0) is 36.2 Å². The quantitative estimate of drug-likeness (QED) is 0.725. The summed E-state index contributed by atoms with van der Waals surface area (Å²) >= 11 is 1.64. The van der Waals surface area contributed by atoms with E-state index in [9.17, 15) is 0 Å². The van der Waals surface area contributed by atoms with Gasteiger partial charge in [-0.25, -0.2) is 0 Å². The molecule has 0 saturated carbocycles. The van der Waals surface area contributed by atoms with Gasteiger partial charge in [-0.3, -0.25) is 0 Å². The maximum absolute atomic E-state index is 5.18. The van der Waals surface area contributed by atoms with Crippen LogP contribution < -0.4 is 4.74 Å². The lowest BCUT2D eigenvalue weighted by molar-refractivity contribution is 0.415. The number of thiophene rings is 1. The van der Waals surface area contributed by atoms with Crippen molar-refractivity contribution in [1.29, 1.82) is 0 Å². The van der Waals surface area contributed by atoms with Crippen molar-refractivity contribution < 1.29 is 4.74 Å². The molecule has 1 heterocycles. The van der Waals surface area contributed by atoms with Gasteiger partial charge in [0.05, 0.1) is 7.11 Å². The monoisotopic (exact) mass is 203 g/mol. The van der Waals surface area contributed by atoms with Crippen molar-refractivity contribution in [3.05, 3.63) is 41.3 Å². The van der Waals surface area contributed by atoms with Gasteiger partial charge in [0, 0.05) is 10.3 Å². The average molecular weight is 203 g/mol. The van der Waals surface area contributed by atoms with Crippen molar-refractivity contribution >= 4 is 11.3 Å². The molecule has 0 atom stereocenters. The van der Waals surface area contributed by atoms with Gasteiger partial charge in [0.1, 0.15) is 5.75 Å². The first kappa shape index (κ1) is 9.28. The number of hydrogen-bond acceptors (Lipinski definition) is 2. The molecule has 14 heavy (non-hydrogen) atoms. The van der Waals surface area contributed by atoms with Gasteiger partial charge in [-0.15, -0.1) is 11.3 Å². The van der Waals surface area contributed by atoms with Crippen molar-refractivity contribution in [1.82, 2.24) is 0 Å². The summed E-state index contributed by atoms with van der Waals surface area (Å²) in [6, 6.07) is 10.2. The molecule has 0 aliphatic rings. The van der Waals surface area contributed by atoms with Gasteiger partial charge < -0.3 is 4.74 Å². The van der Waals surface area contributed by atoms with E-state index in [1.165, 1.54) is 16.0 Å². The smallest absolute Gasteiger partial charge is 0.119 e. The fraction of sp³-hybridized carbons (Fsp3) is 0.167. The lowest BCUT2D eigenvalue weighted by atomic mass is 10.1. The molecule has 0 N–H and O–H groups in total. The zero-order chi connectivity index (χ0) is 9.97. The molecule has 1 nitrogen and oxygen atoms in total. The second kappa shape index (κ2) is 3.84. The normalized spacial score (nSPS) is 10.1. The van der Waals surface area contributed by atoms with E-state index in [4.69, 9.17) is 4.74 Å². The topological polar surface area (TPSA) is 9.23 Å². The summed E-state index contributed by atoms with van der Waals surface area (Å²) in [4.78, 5) is 1.24. The summed E-state index contributed by atoms with van der Waals surface area (Å²) < 4.78 is 5.18. The van der Waals surface area contributed by atoms with Crippen molar-refractivity contribution in [3.63, 3.8) is 0 Å². The van der Waals surface area contributed by atoms with Crippen LogP contribution >= 0.6 is 11.3 Å². The van der Waals surface area contributed by atoms with Gasteiger partial charge >= 0.3 is 0 Å². The van der Waals surface area contributed by atoms with Crippen LogP contribution in [0.5, 0.6) is 5.75 Å². The number of benzene rings is 1. The first-order valence-electron chi connectivity index (χ1n) is 4.42. The Bertz CT molecular complexity index is 431. The van der Waals surface area contributed by atoms with Crippen LogP contribution in [-0.2, 0) is 0 Å². The minimum absolute atomic E-state index is 0.897. The standard InChI is InChI=1S/C12H11OS/c1-9-6-12(14-8-9)10-4-3-5-11(7-10)13-2/h3-7H,1-2H3. The Labute approximate surface area is 88.0 Å². The molecule has 0 amide bonds. The van der Waals surface area contributed by atoms with Gasteiger partial charge in [0.2, 0.25) is 0 Å². The Balaban J connectivity index is 2.41. The highest BCUT2D eigenvalue weighted by atomic mass is 32.1. The second-order valence-electron chi connectivity index (χ2n) is 3.13. The largest absolute Gasteiger partial charge is 0.497 e. The summed E-state index contributed by atoms with van der Waals surface area (Å²) in [6.07, 6.45) is 0. The Morgan fingerprint density at radius 1 is 1.29 bits per heavy atom. The van der Waals surface area contributed by atoms with Crippen LogP contribution in [0.15, 0.2) is 30.3 Å². The van der Waals surface area contributed by atoms with Crippen molar-refractivity contribution in [2.45, 2.75) is 6.92 Å².